The van der Waals surface area contributed by atoms with Gasteiger partial charge in [-0.2, -0.15) is 0 Å². The van der Waals surface area contributed by atoms with Gasteiger partial charge in [-0.25, -0.2) is 4.79 Å². The number of ether oxygens (including phenoxy) is 1. The molecule has 1 atom stereocenters. The Morgan fingerprint density at radius 2 is 2.06 bits per heavy atom. The molecular formula is C14H19NO2. The standard InChI is InChI=1S/C14H19NO2/c1-9(2)10-4-5-11-7-13(8-12(11)6-10)15-14(16)17-3/h4-6,9,13H,7-8H2,1-3H3,(H,15,16)/t13-/m1/s1. The molecule has 1 aliphatic carbocycles. The van der Waals surface area contributed by atoms with Crippen molar-refractivity contribution >= 4 is 6.09 Å². The van der Waals surface area contributed by atoms with Crippen LogP contribution in [0.25, 0.3) is 0 Å². The summed E-state index contributed by atoms with van der Waals surface area (Å²) in [4.78, 5) is 11.2. The summed E-state index contributed by atoms with van der Waals surface area (Å²) >= 11 is 0. The molecule has 0 aromatic heterocycles. The molecule has 1 aromatic rings. The van der Waals surface area contributed by atoms with Gasteiger partial charge >= 0.3 is 6.09 Å². The largest absolute Gasteiger partial charge is 0.453 e. The molecule has 0 bridgehead atoms. The summed E-state index contributed by atoms with van der Waals surface area (Å²) in [6, 6.07) is 6.81. The van der Waals surface area contributed by atoms with Crippen molar-refractivity contribution in [2.75, 3.05) is 7.11 Å². The van der Waals surface area contributed by atoms with E-state index in [1.54, 1.807) is 0 Å². The number of amides is 1. The number of hydrogen-bond acceptors (Lipinski definition) is 2. The van der Waals surface area contributed by atoms with Crippen LogP contribution in [0.2, 0.25) is 0 Å². The number of carbonyl (C=O) groups is 1. The van der Waals surface area contributed by atoms with E-state index in [4.69, 9.17) is 0 Å². The van der Waals surface area contributed by atoms with Gasteiger partial charge in [0.05, 0.1) is 7.11 Å². The van der Waals surface area contributed by atoms with E-state index in [-0.39, 0.29) is 12.1 Å². The van der Waals surface area contributed by atoms with Gasteiger partial charge in [0.1, 0.15) is 0 Å². The van der Waals surface area contributed by atoms with Crippen LogP contribution in [-0.2, 0) is 17.6 Å². The fourth-order valence-electron chi connectivity index (χ4n) is 2.32. The van der Waals surface area contributed by atoms with Crippen LogP contribution in [0.4, 0.5) is 4.79 Å². The van der Waals surface area contributed by atoms with Gasteiger partial charge in [0.2, 0.25) is 0 Å². The minimum absolute atomic E-state index is 0.180. The number of methoxy groups -OCH3 is 1. The number of hydrogen-bond donors (Lipinski definition) is 1. The second kappa shape index (κ2) is 4.78. The molecule has 0 fully saturated rings. The molecule has 0 aliphatic heterocycles. The molecule has 3 heteroatoms. The molecule has 0 saturated heterocycles. The zero-order chi connectivity index (χ0) is 12.4. The summed E-state index contributed by atoms with van der Waals surface area (Å²) in [5.41, 5.74) is 4.07. The molecule has 0 spiro atoms. The van der Waals surface area contributed by atoms with Crippen molar-refractivity contribution in [3.8, 4) is 0 Å². The zero-order valence-electron chi connectivity index (χ0n) is 10.6. The molecule has 1 aromatic carbocycles. The minimum atomic E-state index is -0.341. The topological polar surface area (TPSA) is 38.3 Å². The van der Waals surface area contributed by atoms with Crippen molar-refractivity contribution in [1.29, 1.82) is 0 Å². The zero-order valence-corrected chi connectivity index (χ0v) is 10.6. The van der Waals surface area contributed by atoms with Gasteiger partial charge in [-0.3, -0.25) is 0 Å². The second-order valence-corrected chi connectivity index (χ2v) is 4.92. The number of rotatable bonds is 2. The third-order valence-corrected chi connectivity index (χ3v) is 3.34. The summed E-state index contributed by atoms with van der Waals surface area (Å²) in [6.45, 7) is 4.39. The van der Waals surface area contributed by atoms with Crippen molar-refractivity contribution in [1.82, 2.24) is 5.32 Å². The normalized spacial score (nSPS) is 18.0. The van der Waals surface area contributed by atoms with E-state index in [2.05, 4.69) is 42.1 Å². The van der Waals surface area contributed by atoms with Gasteiger partial charge in [0, 0.05) is 6.04 Å². The van der Waals surface area contributed by atoms with E-state index in [1.807, 2.05) is 0 Å². The Labute approximate surface area is 102 Å². The molecule has 0 saturated carbocycles. The predicted molar refractivity (Wildman–Crippen MR) is 67.3 cm³/mol. The summed E-state index contributed by atoms with van der Waals surface area (Å²) < 4.78 is 4.62. The number of alkyl carbamates (subject to hydrolysis) is 1. The average molecular weight is 233 g/mol. The molecule has 1 aliphatic rings. The predicted octanol–water partition coefficient (Wildman–Crippen LogP) is 2.63. The average Bonchev–Trinajstić information content (AvgIpc) is 2.69. The van der Waals surface area contributed by atoms with Crippen molar-refractivity contribution < 1.29 is 9.53 Å². The van der Waals surface area contributed by atoms with Crippen molar-refractivity contribution in [2.24, 2.45) is 0 Å². The number of carbonyl (C=O) groups excluding carboxylic acids is 1. The Hall–Kier alpha value is -1.51. The highest BCUT2D eigenvalue weighted by Gasteiger charge is 2.23. The van der Waals surface area contributed by atoms with Gasteiger partial charge in [0.25, 0.3) is 0 Å². The third kappa shape index (κ3) is 2.60. The van der Waals surface area contributed by atoms with Crippen LogP contribution in [0.3, 0.4) is 0 Å². The van der Waals surface area contributed by atoms with Crippen LogP contribution >= 0.6 is 0 Å². The fourth-order valence-corrected chi connectivity index (χ4v) is 2.32. The first kappa shape index (κ1) is 12.0. The minimum Gasteiger partial charge on any atom is -0.453 e. The van der Waals surface area contributed by atoms with Gasteiger partial charge in [-0.15, -0.1) is 0 Å². The maximum atomic E-state index is 11.2. The Kier molecular flexibility index (Phi) is 3.36. The third-order valence-electron chi connectivity index (χ3n) is 3.34. The lowest BCUT2D eigenvalue weighted by Gasteiger charge is -2.09. The van der Waals surface area contributed by atoms with Crippen molar-refractivity contribution in [3.05, 3.63) is 34.9 Å². The highest BCUT2D eigenvalue weighted by atomic mass is 16.5. The number of nitrogens with one attached hydrogen (secondary N) is 1. The highest BCUT2D eigenvalue weighted by Crippen LogP contribution is 2.26. The van der Waals surface area contributed by atoms with Gasteiger partial charge in [-0.05, 0) is 35.4 Å². The molecule has 17 heavy (non-hydrogen) atoms. The van der Waals surface area contributed by atoms with E-state index in [1.165, 1.54) is 23.8 Å². The number of fused-ring (bicyclic) bond motifs is 1. The summed E-state index contributed by atoms with van der Waals surface area (Å²) in [5.74, 6) is 0.549. The number of benzene rings is 1. The van der Waals surface area contributed by atoms with Gasteiger partial charge < -0.3 is 10.1 Å². The van der Waals surface area contributed by atoms with Crippen LogP contribution in [0.5, 0.6) is 0 Å². The first-order chi connectivity index (χ1) is 8.10. The molecule has 1 amide bonds. The first-order valence-corrected chi connectivity index (χ1v) is 6.06. The lowest BCUT2D eigenvalue weighted by molar-refractivity contribution is 0.167. The molecule has 3 nitrogen and oxygen atoms in total. The summed E-state index contributed by atoms with van der Waals surface area (Å²) in [6.07, 6.45) is 1.47. The van der Waals surface area contributed by atoms with E-state index < -0.39 is 0 Å². The van der Waals surface area contributed by atoms with Crippen LogP contribution in [0, 0.1) is 0 Å². The fraction of sp³-hybridized carbons (Fsp3) is 0.500. The Bertz CT molecular complexity index is 426. The van der Waals surface area contributed by atoms with Crippen molar-refractivity contribution in [3.63, 3.8) is 0 Å². The Morgan fingerprint density at radius 3 is 2.71 bits per heavy atom. The van der Waals surface area contributed by atoms with Crippen LogP contribution < -0.4 is 5.32 Å². The Balaban J connectivity index is 2.08. The van der Waals surface area contributed by atoms with Gasteiger partial charge in [0.15, 0.2) is 0 Å². The van der Waals surface area contributed by atoms with E-state index in [0.717, 1.165) is 12.8 Å². The Morgan fingerprint density at radius 1 is 1.35 bits per heavy atom. The maximum Gasteiger partial charge on any atom is 0.407 e. The highest BCUT2D eigenvalue weighted by molar-refractivity contribution is 5.67. The first-order valence-electron chi connectivity index (χ1n) is 6.06. The van der Waals surface area contributed by atoms with Crippen molar-refractivity contribution in [2.45, 2.75) is 38.6 Å². The molecule has 0 radical (unpaired) electrons. The molecule has 0 unspecified atom stereocenters. The molecule has 0 heterocycles. The SMILES string of the molecule is COC(=O)N[C@@H]1Cc2ccc(C(C)C)cc2C1. The smallest absolute Gasteiger partial charge is 0.407 e. The maximum absolute atomic E-state index is 11.2. The quantitative estimate of drug-likeness (QED) is 0.852. The summed E-state index contributed by atoms with van der Waals surface area (Å²) in [5, 5.41) is 2.86. The lowest BCUT2D eigenvalue weighted by Crippen LogP contribution is -2.35. The summed E-state index contributed by atoms with van der Waals surface area (Å²) in [7, 11) is 1.40. The van der Waals surface area contributed by atoms with Gasteiger partial charge in [-0.1, -0.05) is 32.0 Å². The van der Waals surface area contributed by atoms with Crippen LogP contribution in [0.1, 0.15) is 36.5 Å². The molecule has 92 valence electrons. The molecular weight excluding hydrogens is 214 g/mol. The van der Waals surface area contributed by atoms with E-state index >= 15 is 0 Å². The van der Waals surface area contributed by atoms with Crippen LogP contribution in [-0.4, -0.2) is 19.2 Å². The lowest BCUT2D eigenvalue weighted by atomic mass is 9.99. The monoisotopic (exact) mass is 233 g/mol. The second-order valence-electron chi connectivity index (χ2n) is 4.92. The van der Waals surface area contributed by atoms with Crippen LogP contribution in [0.15, 0.2) is 18.2 Å². The van der Waals surface area contributed by atoms with E-state index in [0.29, 0.717) is 5.92 Å². The van der Waals surface area contributed by atoms with E-state index in [9.17, 15) is 4.79 Å². The molecule has 2 rings (SSSR count). The molecule has 1 N–H and O–H groups in total.